The second-order valence-electron chi connectivity index (χ2n) is 8.35. The lowest BCUT2D eigenvalue weighted by Gasteiger charge is -2.23. The third-order valence-corrected chi connectivity index (χ3v) is 7.83. The van der Waals surface area contributed by atoms with Crippen molar-refractivity contribution in [2.24, 2.45) is 7.05 Å². The van der Waals surface area contributed by atoms with Gasteiger partial charge in [-0.1, -0.05) is 36.4 Å². The summed E-state index contributed by atoms with van der Waals surface area (Å²) in [5, 5.41) is 2.69. The Morgan fingerprint density at radius 1 is 0.947 bits per heavy atom. The fourth-order valence-corrected chi connectivity index (χ4v) is 5.56. The fourth-order valence-electron chi connectivity index (χ4n) is 4.07. The number of sulfonamides is 1. The van der Waals surface area contributed by atoms with Gasteiger partial charge in [0, 0.05) is 13.1 Å². The van der Waals surface area contributed by atoms with E-state index in [0.29, 0.717) is 28.6 Å². The molecule has 1 amide bonds. The van der Waals surface area contributed by atoms with Gasteiger partial charge in [0.15, 0.2) is 0 Å². The first-order valence-electron chi connectivity index (χ1n) is 11.6. The topological polar surface area (TPSA) is 112 Å². The van der Waals surface area contributed by atoms with Crippen LogP contribution in [0.4, 0.5) is 11.4 Å². The molecule has 1 aromatic heterocycles. The molecule has 0 fully saturated rings. The van der Waals surface area contributed by atoms with Crippen LogP contribution in [0.2, 0.25) is 0 Å². The van der Waals surface area contributed by atoms with E-state index < -0.39 is 28.0 Å². The summed E-state index contributed by atoms with van der Waals surface area (Å²) in [6, 6.07) is 21.3. The van der Waals surface area contributed by atoms with Crippen LogP contribution in [-0.2, 0) is 21.9 Å². The Hall–Kier alpha value is -4.51. The van der Waals surface area contributed by atoms with Crippen LogP contribution < -0.4 is 24.7 Å². The zero-order chi connectivity index (χ0) is 27.4. The molecule has 4 aromatic rings. The van der Waals surface area contributed by atoms with Crippen LogP contribution in [0.1, 0.15) is 5.69 Å². The van der Waals surface area contributed by atoms with E-state index in [1.807, 2.05) is 6.07 Å². The van der Waals surface area contributed by atoms with Gasteiger partial charge in [-0.2, -0.15) is 0 Å². The number of benzene rings is 3. The van der Waals surface area contributed by atoms with E-state index in [4.69, 9.17) is 9.47 Å². The van der Waals surface area contributed by atoms with Crippen LogP contribution in [0.25, 0.3) is 5.69 Å². The molecule has 1 heterocycles. The molecule has 0 aliphatic rings. The van der Waals surface area contributed by atoms with Crippen molar-refractivity contribution >= 4 is 27.3 Å². The minimum Gasteiger partial charge on any atom is -0.497 e. The number of nitrogens with zero attached hydrogens (tertiary/aromatic N) is 3. The molecule has 38 heavy (non-hydrogen) atoms. The second-order valence-corrected chi connectivity index (χ2v) is 10.2. The standard InChI is InChI=1S/C27H28N4O6S/c1-19-26(27(33)31(29(19)2)20-11-7-5-8-12-20)30(38(34,35)22-13-9-6-10-14-22)18-25(32)28-23-16-15-21(36-3)17-24(23)37-4/h5-17H,18H2,1-4H3,(H,28,32). The molecule has 0 spiro atoms. The second kappa shape index (κ2) is 10.9. The molecule has 0 atom stereocenters. The van der Waals surface area contributed by atoms with Gasteiger partial charge in [0.25, 0.3) is 15.6 Å². The maximum absolute atomic E-state index is 13.8. The largest absolute Gasteiger partial charge is 0.497 e. The van der Waals surface area contributed by atoms with Crippen LogP contribution in [0.5, 0.6) is 11.5 Å². The monoisotopic (exact) mass is 536 g/mol. The molecule has 11 heteroatoms. The van der Waals surface area contributed by atoms with Crippen molar-refractivity contribution in [3.63, 3.8) is 0 Å². The number of aromatic nitrogens is 2. The molecule has 0 saturated carbocycles. The lowest BCUT2D eigenvalue weighted by molar-refractivity contribution is -0.114. The van der Waals surface area contributed by atoms with Crippen LogP contribution in [-0.4, -0.2) is 44.5 Å². The number of para-hydroxylation sites is 1. The summed E-state index contributed by atoms with van der Waals surface area (Å²) in [7, 11) is 0.296. The van der Waals surface area contributed by atoms with Crippen LogP contribution in [0.3, 0.4) is 0 Å². The van der Waals surface area contributed by atoms with Crippen molar-refractivity contribution in [1.82, 2.24) is 9.36 Å². The van der Waals surface area contributed by atoms with Crippen LogP contribution >= 0.6 is 0 Å². The molecule has 0 aliphatic heterocycles. The van der Waals surface area contributed by atoms with Gasteiger partial charge in [-0.25, -0.2) is 17.4 Å². The van der Waals surface area contributed by atoms with E-state index in [0.717, 1.165) is 4.31 Å². The number of hydrogen-bond acceptors (Lipinski definition) is 6. The average molecular weight is 537 g/mol. The van der Waals surface area contributed by atoms with Crippen molar-refractivity contribution in [2.75, 3.05) is 30.4 Å². The lowest BCUT2D eigenvalue weighted by Crippen LogP contribution is -2.41. The normalized spacial score (nSPS) is 11.2. The molecule has 0 bridgehead atoms. The van der Waals surface area contributed by atoms with E-state index in [1.54, 1.807) is 79.3 Å². The Morgan fingerprint density at radius 2 is 1.58 bits per heavy atom. The zero-order valence-electron chi connectivity index (χ0n) is 21.4. The molecule has 198 valence electrons. The molecule has 0 aliphatic carbocycles. The molecule has 1 N–H and O–H groups in total. The maximum Gasteiger partial charge on any atom is 0.296 e. The number of rotatable bonds is 9. The zero-order valence-corrected chi connectivity index (χ0v) is 22.2. The van der Waals surface area contributed by atoms with Gasteiger partial charge in [0.2, 0.25) is 5.91 Å². The third kappa shape index (κ3) is 5.00. The van der Waals surface area contributed by atoms with Crippen molar-refractivity contribution < 1.29 is 22.7 Å². The van der Waals surface area contributed by atoms with Gasteiger partial charge in [-0.05, 0) is 43.3 Å². The predicted molar refractivity (Wildman–Crippen MR) is 145 cm³/mol. The van der Waals surface area contributed by atoms with Crippen molar-refractivity contribution in [1.29, 1.82) is 0 Å². The average Bonchev–Trinajstić information content (AvgIpc) is 3.15. The SMILES string of the molecule is COc1ccc(NC(=O)CN(c2c(C)n(C)n(-c3ccccc3)c2=O)S(=O)(=O)c2ccccc2)c(OC)c1. The third-order valence-electron chi connectivity index (χ3n) is 6.07. The molecule has 10 nitrogen and oxygen atoms in total. The summed E-state index contributed by atoms with van der Waals surface area (Å²) in [5.74, 6) is 0.189. The first-order chi connectivity index (χ1) is 18.2. The molecule has 0 radical (unpaired) electrons. The summed E-state index contributed by atoms with van der Waals surface area (Å²) in [5.41, 5.74) is 0.538. The molecule has 0 saturated heterocycles. The van der Waals surface area contributed by atoms with E-state index in [1.165, 1.54) is 31.0 Å². The number of anilines is 2. The Morgan fingerprint density at radius 3 is 2.18 bits per heavy atom. The Kier molecular flexibility index (Phi) is 7.58. The fraction of sp³-hybridized carbons (Fsp3) is 0.185. The minimum absolute atomic E-state index is 0.0521. The Bertz CT molecular complexity index is 1610. The molecule has 0 unspecified atom stereocenters. The van der Waals surface area contributed by atoms with Crippen molar-refractivity contribution in [2.45, 2.75) is 11.8 Å². The van der Waals surface area contributed by atoms with Gasteiger partial charge in [0.1, 0.15) is 23.7 Å². The van der Waals surface area contributed by atoms with Crippen LogP contribution in [0, 0.1) is 6.92 Å². The predicted octanol–water partition coefficient (Wildman–Crippen LogP) is 3.34. The molecular weight excluding hydrogens is 508 g/mol. The highest BCUT2D eigenvalue weighted by molar-refractivity contribution is 7.92. The highest BCUT2D eigenvalue weighted by atomic mass is 32.2. The summed E-state index contributed by atoms with van der Waals surface area (Å²) < 4.78 is 42.0. The Labute approximate surface area is 220 Å². The summed E-state index contributed by atoms with van der Waals surface area (Å²) in [6.07, 6.45) is 0. The van der Waals surface area contributed by atoms with E-state index in [-0.39, 0.29) is 10.6 Å². The Balaban J connectivity index is 1.81. The highest BCUT2D eigenvalue weighted by Gasteiger charge is 2.33. The number of carbonyl (C=O) groups is 1. The molecule has 3 aromatic carbocycles. The quantitative estimate of drug-likeness (QED) is 0.351. The number of ether oxygens (including phenoxy) is 2. The van der Waals surface area contributed by atoms with Gasteiger partial charge >= 0.3 is 0 Å². The maximum atomic E-state index is 13.8. The molecule has 4 rings (SSSR count). The lowest BCUT2D eigenvalue weighted by atomic mass is 10.2. The number of nitrogens with one attached hydrogen (secondary N) is 1. The van der Waals surface area contributed by atoms with E-state index in [2.05, 4.69) is 5.32 Å². The van der Waals surface area contributed by atoms with Gasteiger partial charge in [-0.15, -0.1) is 0 Å². The number of hydrogen-bond donors (Lipinski definition) is 1. The number of methoxy groups -OCH3 is 2. The smallest absolute Gasteiger partial charge is 0.296 e. The summed E-state index contributed by atoms with van der Waals surface area (Å²) in [6.45, 7) is 0.982. The van der Waals surface area contributed by atoms with Gasteiger partial charge < -0.3 is 14.8 Å². The summed E-state index contributed by atoms with van der Waals surface area (Å²) >= 11 is 0. The number of amides is 1. The molecular formula is C27H28N4O6S. The number of carbonyl (C=O) groups excluding carboxylic acids is 1. The first kappa shape index (κ1) is 26.6. The van der Waals surface area contributed by atoms with Gasteiger partial charge in [0.05, 0.1) is 36.2 Å². The summed E-state index contributed by atoms with van der Waals surface area (Å²) in [4.78, 5) is 26.9. The van der Waals surface area contributed by atoms with Crippen molar-refractivity contribution in [3.05, 3.63) is 94.9 Å². The van der Waals surface area contributed by atoms with Crippen molar-refractivity contribution in [3.8, 4) is 17.2 Å². The minimum atomic E-state index is -4.30. The van der Waals surface area contributed by atoms with Gasteiger partial charge in [-0.3, -0.25) is 14.3 Å². The van der Waals surface area contributed by atoms with E-state index >= 15 is 0 Å². The van der Waals surface area contributed by atoms with E-state index in [9.17, 15) is 18.0 Å². The first-order valence-corrected chi connectivity index (χ1v) is 13.1. The highest BCUT2D eigenvalue weighted by Crippen LogP contribution is 2.30. The van der Waals surface area contributed by atoms with Crippen LogP contribution in [0.15, 0.2) is 88.6 Å².